The van der Waals surface area contributed by atoms with Crippen LogP contribution in [0.4, 0.5) is 13.2 Å². The minimum absolute atomic E-state index is 0.573. The van der Waals surface area contributed by atoms with Gasteiger partial charge in [0.05, 0.1) is 10.5 Å². The second kappa shape index (κ2) is 3.46. The number of alkyl halides is 3. The summed E-state index contributed by atoms with van der Waals surface area (Å²) in [7, 11) is -4.46. The lowest BCUT2D eigenvalue weighted by atomic mass is 10.0. The lowest BCUT2D eigenvalue weighted by Crippen LogP contribution is -2.25. The maximum absolute atomic E-state index is 12.3. The molecular formula is C7H6F3NO3S. The van der Waals surface area contributed by atoms with Crippen LogP contribution in [-0.4, -0.2) is 20.4 Å². The molecule has 0 saturated heterocycles. The second-order valence-corrected chi connectivity index (χ2v) is 4.39. The van der Waals surface area contributed by atoms with Crippen LogP contribution in [0.5, 0.6) is 0 Å². The van der Waals surface area contributed by atoms with Gasteiger partial charge in [-0.1, -0.05) is 0 Å². The number of carbonyl (C=O) groups excluding carboxylic acids is 1. The number of ketones is 1. The Balaban J connectivity index is 3.40. The summed E-state index contributed by atoms with van der Waals surface area (Å²) >= 11 is 0. The third kappa shape index (κ3) is 2.66. The SMILES string of the molecule is NS(=O)(=O)C1=C(C(F)(F)F)CC(=O)C=C1. The van der Waals surface area contributed by atoms with E-state index in [9.17, 15) is 26.4 Å². The van der Waals surface area contributed by atoms with Crippen molar-refractivity contribution in [1.29, 1.82) is 0 Å². The third-order valence-corrected chi connectivity index (χ3v) is 2.71. The fourth-order valence-corrected chi connectivity index (χ4v) is 1.89. The largest absolute Gasteiger partial charge is 0.414 e. The predicted molar refractivity (Wildman–Crippen MR) is 45.0 cm³/mol. The van der Waals surface area contributed by atoms with Crippen LogP contribution in [0.3, 0.4) is 0 Å². The first kappa shape index (κ1) is 11.9. The fourth-order valence-electron chi connectivity index (χ4n) is 1.10. The molecular weight excluding hydrogens is 235 g/mol. The Morgan fingerprint density at radius 2 is 1.80 bits per heavy atom. The van der Waals surface area contributed by atoms with Crippen molar-refractivity contribution >= 4 is 15.8 Å². The van der Waals surface area contributed by atoms with E-state index in [4.69, 9.17) is 0 Å². The summed E-state index contributed by atoms with van der Waals surface area (Å²) in [6, 6.07) is 0. The molecule has 0 spiro atoms. The van der Waals surface area contributed by atoms with Crippen LogP contribution in [0, 0.1) is 0 Å². The van der Waals surface area contributed by atoms with Crippen molar-refractivity contribution < 1.29 is 26.4 Å². The number of hydrogen-bond donors (Lipinski definition) is 1. The van der Waals surface area contributed by atoms with Gasteiger partial charge in [-0.25, -0.2) is 13.6 Å². The number of halogens is 3. The van der Waals surface area contributed by atoms with Gasteiger partial charge in [0, 0.05) is 6.42 Å². The Hall–Kier alpha value is -1.15. The van der Waals surface area contributed by atoms with Crippen LogP contribution in [0.25, 0.3) is 0 Å². The van der Waals surface area contributed by atoms with E-state index in [1.165, 1.54) is 0 Å². The van der Waals surface area contributed by atoms with Crippen molar-refractivity contribution in [3.05, 3.63) is 22.6 Å². The van der Waals surface area contributed by atoms with Gasteiger partial charge in [-0.2, -0.15) is 13.2 Å². The summed E-state index contributed by atoms with van der Waals surface area (Å²) in [4.78, 5) is 9.69. The van der Waals surface area contributed by atoms with Gasteiger partial charge in [-0.15, -0.1) is 0 Å². The minimum Gasteiger partial charge on any atom is -0.294 e. The first-order valence-corrected chi connectivity index (χ1v) is 5.21. The average Bonchev–Trinajstić information content (AvgIpc) is 2.00. The van der Waals surface area contributed by atoms with E-state index in [0.29, 0.717) is 6.08 Å². The van der Waals surface area contributed by atoms with Gasteiger partial charge in [-0.05, 0) is 12.2 Å². The molecule has 0 aliphatic heterocycles. The van der Waals surface area contributed by atoms with E-state index in [2.05, 4.69) is 5.14 Å². The predicted octanol–water partition coefficient (Wildman–Crippen LogP) is 0.620. The van der Waals surface area contributed by atoms with Gasteiger partial charge in [0.15, 0.2) is 5.78 Å². The van der Waals surface area contributed by atoms with E-state index in [0.717, 1.165) is 6.08 Å². The molecule has 1 aliphatic carbocycles. The number of carbonyl (C=O) groups is 1. The molecule has 0 unspecified atom stereocenters. The van der Waals surface area contributed by atoms with Gasteiger partial charge in [0.25, 0.3) is 0 Å². The third-order valence-electron chi connectivity index (χ3n) is 1.72. The van der Waals surface area contributed by atoms with Gasteiger partial charge in [-0.3, -0.25) is 4.79 Å². The number of allylic oxidation sites excluding steroid dienone is 3. The summed E-state index contributed by atoms with van der Waals surface area (Å²) in [6.45, 7) is 0. The standard InChI is InChI=1S/C7H6F3NO3S/c8-7(9,10)5-3-4(12)1-2-6(5)15(11,13)14/h1-2H,3H2,(H2,11,13,14). The molecule has 0 amide bonds. The van der Waals surface area contributed by atoms with Crippen molar-refractivity contribution in [1.82, 2.24) is 0 Å². The minimum atomic E-state index is -4.87. The van der Waals surface area contributed by atoms with Gasteiger partial charge >= 0.3 is 6.18 Å². The van der Waals surface area contributed by atoms with Gasteiger partial charge in [0.2, 0.25) is 10.0 Å². The molecule has 15 heavy (non-hydrogen) atoms. The van der Waals surface area contributed by atoms with Crippen LogP contribution < -0.4 is 5.14 Å². The average molecular weight is 241 g/mol. The molecule has 0 aromatic rings. The highest BCUT2D eigenvalue weighted by Crippen LogP contribution is 2.34. The fraction of sp³-hybridized carbons (Fsp3) is 0.286. The molecule has 0 aromatic heterocycles. The molecule has 0 bridgehead atoms. The highest BCUT2D eigenvalue weighted by molar-refractivity contribution is 7.93. The molecule has 0 fully saturated rings. The van der Waals surface area contributed by atoms with Crippen LogP contribution in [0.1, 0.15) is 6.42 Å². The van der Waals surface area contributed by atoms with E-state index in [1.807, 2.05) is 0 Å². The highest BCUT2D eigenvalue weighted by atomic mass is 32.2. The Bertz CT molecular complexity index is 458. The van der Waals surface area contributed by atoms with E-state index in [1.54, 1.807) is 0 Å². The molecule has 0 radical (unpaired) electrons. The molecule has 0 atom stereocenters. The lowest BCUT2D eigenvalue weighted by Gasteiger charge is -2.16. The van der Waals surface area contributed by atoms with Crippen molar-refractivity contribution in [3.8, 4) is 0 Å². The lowest BCUT2D eigenvalue weighted by molar-refractivity contribution is -0.119. The maximum Gasteiger partial charge on any atom is 0.414 e. The van der Waals surface area contributed by atoms with Gasteiger partial charge in [0.1, 0.15) is 0 Å². The first-order chi connectivity index (χ1) is 6.62. The molecule has 2 N–H and O–H groups in total. The van der Waals surface area contributed by atoms with E-state index < -0.39 is 38.9 Å². The zero-order valence-electron chi connectivity index (χ0n) is 7.21. The number of sulfonamides is 1. The monoisotopic (exact) mass is 241 g/mol. The van der Waals surface area contributed by atoms with E-state index in [-0.39, 0.29) is 0 Å². The Labute approximate surface area is 83.3 Å². The van der Waals surface area contributed by atoms with Crippen LogP contribution in [-0.2, 0) is 14.8 Å². The molecule has 0 saturated carbocycles. The van der Waals surface area contributed by atoms with Crippen LogP contribution in [0.15, 0.2) is 22.6 Å². The summed E-state index contributed by atoms with van der Waals surface area (Å²) in [5.74, 6) is -0.810. The number of hydrogen-bond acceptors (Lipinski definition) is 3. The topological polar surface area (TPSA) is 77.2 Å². The Morgan fingerprint density at radius 3 is 2.20 bits per heavy atom. The summed E-state index contributed by atoms with van der Waals surface area (Å²) in [5.41, 5.74) is -1.42. The molecule has 8 heteroatoms. The molecule has 4 nitrogen and oxygen atoms in total. The van der Waals surface area contributed by atoms with Crippen molar-refractivity contribution in [2.24, 2.45) is 5.14 Å². The second-order valence-electron chi connectivity index (χ2n) is 2.86. The van der Waals surface area contributed by atoms with Crippen molar-refractivity contribution in [2.45, 2.75) is 12.6 Å². The Morgan fingerprint density at radius 1 is 1.27 bits per heavy atom. The molecule has 84 valence electrons. The van der Waals surface area contributed by atoms with Gasteiger partial charge < -0.3 is 0 Å². The number of nitrogens with two attached hydrogens (primary N) is 1. The van der Waals surface area contributed by atoms with E-state index >= 15 is 0 Å². The smallest absolute Gasteiger partial charge is 0.294 e. The molecule has 0 heterocycles. The highest BCUT2D eigenvalue weighted by Gasteiger charge is 2.40. The van der Waals surface area contributed by atoms with Crippen LogP contribution in [0.2, 0.25) is 0 Å². The number of rotatable bonds is 1. The summed E-state index contributed by atoms with van der Waals surface area (Å²) in [6.07, 6.45) is -4.53. The number of primary sulfonamides is 1. The normalized spacial score (nSPS) is 18.5. The van der Waals surface area contributed by atoms with Crippen molar-refractivity contribution in [3.63, 3.8) is 0 Å². The summed E-state index contributed by atoms with van der Waals surface area (Å²) < 4.78 is 58.6. The summed E-state index contributed by atoms with van der Waals surface area (Å²) in [5, 5.41) is 4.59. The molecule has 1 aliphatic rings. The zero-order valence-corrected chi connectivity index (χ0v) is 8.02. The van der Waals surface area contributed by atoms with Crippen LogP contribution >= 0.6 is 0 Å². The first-order valence-electron chi connectivity index (χ1n) is 3.66. The maximum atomic E-state index is 12.3. The quantitative estimate of drug-likeness (QED) is 0.731. The Kier molecular flexibility index (Phi) is 2.75. The zero-order chi connectivity index (χ0) is 11.9. The van der Waals surface area contributed by atoms with Crippen molar-refractivity contribution in [2.75, 3.05) is 0 Å². The molecule has 1 rings (SSSR count). The molecule has 0 aromatic carbocycles.